The quantitative estimate of drug-likeness (QED) is 0.772. The molecule has 1 rings (SSSR count). The molecule has 0 radical (unpaired) electrons. The standard InChI is InChI=1S/C14H20O3/c1-10-8-11(2)13(12(3)9-10)4-6-17-7-5-14(15)16/h8-9H,4-7H2,1-3H3,(H,15,16). The van der Waals surface area contributed by atoms with Gasteiger partial charge in [-0.25, -0.2) is 0 Å². The molecule has 1 aromatic rings. The molecule has 0 bridgehead atoms. The second-order valence-corrected chi connectivity index (χ2v) is 4.38. The summed E-state index contributed by atoms with van der Waals surface area (Å²) in [6, 6.07) is 4.33. The molecular formula is C14H20O3. The Morgan fingerprint density at radius 1 is 1.18 bits per heavy atom. The van der Waals surface area contributed by atoms with Crippen LogP contribution < -0.4 is 0 Å². The summed E-state index contributed by atoms with van der Waals surface area (Å²) in [6.45, 7) is 7.17. The van der Waals surface area contributed by atoms with E-state index in [9.17, 15) is 4.79 Å². The lowest BCUT2D eigenvalue weighted by Gasteiger charge is -2.11. The first kappa shape index (κ1) is 13.7. The lowest BCUT2D eigenvalue weighted by molar-refractivity contribution is -0.138. The molecule has 0 saturated carbocycles. The van der Waals surface area contributed by atoms with Crippen molar-refractivity contribution in [2.24, 2.45) is 0 Å². The van der Waals surface area contributed by atoms with Gasteiger partial charge in [-0.2, -0.15) is 0 Å². The van der Waals surface area contributed by atoms with E-state index < -0.39 is 5.97 Å². The Kier molecular flexibility index (Phi) is 5.16. The van der Waals surface area contributed by atoms with Crippen LogP contribution >= 0.6 is 0 Å². The van der Waals surface area contributed by atoms with Crippen molar-refractivity contribution in [3.63, 3.8) is 0 Å². The first-order chi connectivity index (χ1) is 8.00. The number of carbonyl (C=O) groups is 1. The summed E-state index contributed by atoms with van der Waals surface area (Å²) in [7, 11) is 0. The third-order valence-corrected chi connectivity index (χ3v) is 2.80. The molecule has 0 fully saturated rings. The van der Waals surface area contributed by atoms with E-state index in [1.54, 1.807) is 0 Å². The minimum atomic E-state index is -0.812. The molecule has 0 amide bonds. The molecule has 3 heteroatoms. The van der Waals surface area contributed by atoms with Gasteiger partial charge in [-0.1, -0.05) is 17.7 Å². The molecule has 0 aliphatic heterocycles. The lowest BCUT2D eigenvalue weighted by Crippen LogP contribution is -2.06. The predicted molar refractivity (Wildman–Crippen MR) is 67.4 cm³/mol. The average molecular weight is 236 g/mol. The van der Waals surface area contributed by atoms with Gasteiger partial charge in [0.1, 0.15) is 0 Å². The second-order valence-electron chi connectivity index (χ2n) is 4.38. The van der Waals surface area contributed by atoms with Gasteiger partial charge in [0, 0.05) is 0 Å². The lowest BCUT2D eigenvalue weighted by atomic mass is 9.98. The van der Waals surface area contributed by atoms with Crippen molar-refractivity contribution in [2.75, 3.05) is 13.2 Å². The molecule has 1 N–H and O–H groups in total. The molecule has 1 aromatic carbocycles. The fourth-order valence-corrected chi connectivity index (χ4v) is 2.04. The van der Waals surface area contributed by atoms with Gasteiger partial charge >= 0.3 is 5.97 Å². The van der Waals surface area contributed by atoms with Crippen LogP contribution in [0.4, 0.5) is 0 Å². The van der Waals surface area contributed by atoms with E-state index in [0.29, 0.717) is 13.2 Å². The Bertz CT molecular complexity index is 373. The van der Waals surface area contributed by atoms with Gasteiger partial charge < -0.3 is 9.84 Å². The summed E-state index contributed by atoms with van der Waals surface area (Å²) < 4.78 is 5.31. The number of carboxylic acid groups (broad SMARTS) is 1. The molecule has 3 nitrogen and oxygen atoms in total. The summed E-state index contributed by atoms with van der Waals surface area (Å²) >= 11 is 0. The number of hydrogen-bond acceptors (Lipinski definition) is 2. The molecule has 0 unspecified atom stereocenters. The maximum Gasteiger partial charge on any atom is 0.305 e. The minimum absolute atomic E-state index is 0.0753. The maximum atomic E-state index is 10.3. The largest absolute Gasteiger partial charge is 0.481 e. The van der Waals surface area contributed by atoms with Crippen LogP contribution in [0.2, 0.25) is 0 Å². The van der Waals surface area contributed by atoms with Crippen molar-refractivity contribution in [1.82, 2.24) is 0 Å². The zero-order chi connectivity index (χ0) is 12.8. The zero-order valence-electron chi connectivity index (χ0n) is 10.7. The van der Waals surface area contributed by atoms with Crippen LogP contribution in [0.3, 0.4) is 0 Å². The number of ether oxygens (including phenoxy) is 1. The summed E-state index contributed by atoms with van der Waals surface area (Å²) in [5, 5.41) is 8.47. The van der Waals surface area contributed by atoms with Crippen LogP contribution in [0.5, 0.6) is 0 Å². The van der Waals surface area contributed by atoms with Crippen molar-refractivity contribution < 1.29 is 14.6 Å². The fraction of sp³-hybridized carbons (Fsp3) is 0.500. The smallest absolute Gasteiger partial charge is 0.305 e. The first-order valence-electron chi connectivity index (χ1n) is 5.87. The van der Waals surface area contributed by atoms with Crippen molar-refractivity contribution in [3.8, 4) is 0 Å². The van der Waals surface area contributed by atoms with Crippen molar-refractivity contribution in [3.05, 3.63) is 34.4 Å². The maximum absolute atomic E-state index is 10.3. The number of rotatable bonds is 6. The number of aliphatic carboxylic acids is 1. The van der Waals surface area contributed by atoms with Crippen LogP contribution in [0.15, 0.2) is 12.1 Å². The van der Waals surface area contributed by atoms with Gasteiger partial charge in [0.15, 0.2) is 0 Å². The molecule has 0 atom stereocenters. The highest BCUT2D eigenvalue weighted by molar-refractivity contribution is 5.66. The van der Waals surface area contributed by atoms with Crippen LogP contribution in [0.1, 0.15) is 28.7 Å². The highest BCUT2D eigenvalue weighted by atomic mass is 16.5. The van der Waals surface area contributed by atoms with E-state index in [1.807, 2.05) is 0 Å². The van der Waals surface area contributed by atoms with Gasteiger partial charge in [0.05, 0.1) is 19.6 Å². The SMILES string of the molecule is Cc1cc(C)c(CCOCCC(=O)O)c(C)c1. The van der Waals surface area contributed by atoms with E-state index >= 15 is 0 Å². The Balaban J connectivity index is 2.44. The zero-order valence-corrected chi connectivity index (χ0v) is 10.7. The van der Waals surface area contributed by atoms with Crippen LogP contribution in [-0.2, 0) is 16.0 Å². The number of aryl methyl sites for hydroxylation is 3. The molecule has 0 spiro atoms. The topological polar surface area (TPSA) is 46.5 Å². The molecule has 0 aliphatic rings. The van der Waals surface area contributed by atoms with E-state index in [0.717, 1.165) is 6.42 Å². The molecular weight excluding hydrogens is 216 g/mol. The van der Waals surface area contributed by atoms with Crippen molar-refractivity contribution >= 4 is 5.97 Å². The fourth-order valence-electron chi connectivity index (χ4n) is 2.04. The molecule has 0 aromatic heterocycles. The Morgan fingerprint density at radius 3 is 2.29 bits per heavy atom. The van der Waals surface area contributed by atoms with Gasteiger partial charge in [0.25, 0.3) is 0 Å². The first-order valence-corrected chi connectivity index (χ1v) is 5.87. The van der Waals surface area contributed by atoms with E-state index in [2.05, 4.69) is 32.9 Å². The van der Waals surface area contributed by atoms with Crippen molar-refractivity contribution in [2.45, 2.75) is 33.6 Å². The summed E-state index contributed by atoms with van der Waals surface area (Å²) in [5.74, 6) is -0.812. The third-order valence-electron chi connectivity index (χ3n) is 2.80. The average Bonchev–Trinajstić information content (AvgIpc) is 2.20. The number of hydrogen-bond donors (Lipinski definition) is 1. The molecule has 0 saturated heterocycles. The molecule has 94 valence electrons. The van der Waals surface area contributed by atoms with Crippen LogP contribution in [0.25, 0.3) is 0 Å². The number of carboxylic acids is 1. The monoisotopic (exact) mass is 236 g/mol. The highest BCUT2D eigenvalue weighted by Gasteiger charge is 2.04. The van der Waals surface area contributed by atoms with Gasteiger partial charge in [-0.05, 0) is 43.9 Å². The third kappa shape index (κ3) is 4.57. The highest BCUT2D eigenvalue weighted by Crippen LogP contribution is 2.16. The minimum Gasteiger partial charge on any atom is -0.481 e. The number of benzene rings is 1. The second kappa shape index (κ2) is 6.40. The van der Waals surface area contributed by atoms with Gasteiger partial charge in [0.2, 0.25) is 0 Å². The molecule has 17 heavy (non-hydrogen) atoms. The van der Waals surface area contributed by atoms with Crippen molar-refractivity contribution in [1.29, 1.82) is 0 Å². The van der Waals surface area contributed by atoms with Gasteiger partial charge in [-0.3, -0.25) is 4.79 Å². The Labute approximate surface area is 102 Å². The summed E-state index contributed by atoms with van der Waals surface area (Å²) in [5.41, 5.74) is 5.15. The van der Waals surface area contributed by atoms with Crippen LogP contribution in [0, 0.1) is 20.8 Å². The van der Waals surface area contributed by atoms with E-state index in [1.165, 1.54) is 22.3 Å². The Hall–Kier alpha value is -1.35. The Morgan fingerprint density at radius 2 is 1.76 bits per heavy atom. The summed E-state index contributed by atoms with van der Waals surface area (Å²) in [6.07, 6.45) is 0.920. The van der Waals surface area contributed by atoms with Crippen LogP contribution in [-0.4, -0.2) is 24.3 Å². The van der Waals surface area contributed by atoms with Gasteiger partial charge in [-0.15, -0.1) is 0 Å². The molecule has 0 heterocycles. The summed E-state index contributed by atoms with van der Waals surface area (Å²) in [4.78, 5) is 10.3. The normalized spacial score (nSPS) is 10.5. The molecule has 0 aliphatic carbocycles. The van der Waals surface area contributed by atoms with E-state index in [-0.39, 0.29) is 6.42 Å². The predicted octanol–water partition coefficient (Wildman–Crippen LogP) is 2.65. The van der Waals surface area contributed by atoms with E-state index in [4.69, 9.17) is 9.84 Å².